The Bertz CT molecular complexity index is 1000. The van der Waals surface area contributed by atoms with Gasteiger partial charge in [0.1, 0.15) is 11.6 Å². The van der Waals surface area contributed by atoms with Gasteiger partial charge in [-0.3, -0.25) is 9.59 Å². The molecule has 4 bridgehead atoms. The Morgan fingerprint density at radius 2 is 1.87 bits per heavy atom. The number of nitrogens with one attached hydrogen (secondary N) is 2. The third kappa shape index (κ3) is 4.05. The summed E-state index contributed by atoms with van der Waals surface area (Å²) < 4.78 is 1.11. The van der Waals surface area contributed by atoms with Crippen molar-refractivity contribution in [2.75, 3.05) is 5.32 Å². The molecular formula is C22H27ClN6O2. The minimum Gasteiger partial charge on any atom is -0.377 e. The van der Waals surface area contributed by atoms with Gasteiger partial charge in [0.15, 0.2) is 0 Å². The van der Waals surface area contributed by atoms with Crippen LogP contribution in [0.3, 0.4) is 0 Å². The third-order valence-corrected chi connectivity index (χ3v) is 7.57. The molecule has 4 aliphatic carbocycles. The summed E-state index contributed by atoms with van der Waals surface area (Å²) in [5.41, 5.74) is 0.993. The van der Waals surface area contributed by atoms with Crippen LogP contribution in [0.25, 0.3) is 0 Å². The average Bonchev–Trinajstić information content (AvgIpc) is 2.73. The molecule has 4 fully saturated rings. The SMILES string of the molecule is CC(NC(=O)Cn1ncc(NC23CC4CC(CC(C4)C2)C3)c(Cl)c1=O)c1ccnnc1. The molecule has 1 unspecified atom stereocenters. The minimum atomic E-state index is -0.454. The molecule has 8 nitrogen and oxygen atoms in total. The van der Waals surface area contributed by atoms with Crippen molar-refractivity contribution >= 4 is 23.2 Å². The van der Waals surface area contributed by atoms with E-state index in [1.807, 2.05) is 6.92 Å². The van der Waals surface area contributed by atoms with Crippen LogP contribution in [-0.2, 0) is 11.3 Å². The van der Waals surface area contributed by atoms with E-state index < -0.39 is 5.56 Å². The second-order valence-corrected chi connectivity index (χ2v) is 10.0. The van der Waals surface area contributed by atoms with E-state index in [9.17, 15) is 9.59 Å². The number of nitrogens with zero attached hydrogens (tertiary/aromatic N) is 4. The topological polar surface area (TPSA) is 102 Å². The summed E-state index contributed by atoms with van der Waals surface area (Å²) in [7, 11) is 0. The highest BCUT2D eigenvalue weighted by atomic mass is 35.5. The summed E-state index contributed by atoms with van der Waals surface area (Å²) in [5, 5.41) is 18.3. The van der Waals surface area contributed by atoms with Crippen LogP contribution in [0.1, 0.15) is 57.1 Å². The number of carbonyl (C=O) groups is 1. The van der Waals surface area contributed by atoms with Crippen molar-refractivity contribution in [2.24, 2.45) is 17.8 Å². The quantitative estimate of drug-likeness (QED) is 0.713. The van der Waals surface area contributed by atoms with Crippen molar-refractivity contribution in [2.45, 2.75) is 63.6 Å². The van der Waals surface area contributed by atoms with Gasteiger partial charge < -0.3 is 10.6 Å². The van der Waals surface area contributed by atoms with Gasteiger partial charge in [-0.25, -0.2) is 4.68 Å². The highest BCUT2D eigenvalue weighted by molar-refractivity contribution is 6.33. The van der Waals surface area contributed by atoms with Crippen molar-refractivity contribution in [3.63, 3.8) is 0 Å². The second-order valence-electron chi connectivity index (χ2n) is 9.62. The fourth-order valence-electron chi connectivity index (χ4n) is 6.28. The van der Waals surface area contributed by atoms with Gasteiger partial charge in [0, 0.05) is 11.7 Å². The van der Waals surface area contributed by atoms with E-state index >= 15 is 0 Å². The molecule has 31 heavy (non-hydrogen) atoms. The summed E-state index contributed by atoms with van der Waals surface area (Å²) in [6.07, 6.45) is 12.2. The molecule has 4 aliphatic rings. The Balaban J connectivity index is 1.27. The molecule has 0 aromatic carbocycles. The first kappa shape index (κ1) is 20.4. The lowest BCUT2D eigenvalue weighted by Gasteiger charge is -2.57. The molecule has 164 valence electrons. The minimum absolute atomic E-state index is 0.0318. The van der Waals surface area contributed by atoms with Gasteiger partial charge in [-0.05, 0) is 74.8 Å². The zero-order chi connectivity index (χ0) is 21.6. The Kier molecular flexibility index (Phi) is 5.20. The first-order valence-electron chi connectivity index (χ1n) is 11.0. The smallest absolute Gasteiger partial charge is 0.288 e. The summed E-state index contributed by atoms with van der Waals surface area (Å²) in [6, 6.07) is 1.52. The van der Waals surface area contributed by atoms with Crippen LogP contribution in [-0.4, -0.2) is 31.4 Å². The molecule has 2 aromatic rings. The molecule has 4 saturated carbocycles. The zero-order valence-corrected chi connectivity index (χ0v) is 18.3. The van der Waals surface area contributed by atoms with Crippen molar-refractivity contribution < 1.29 is 4.79 Å². The molecule has 0 saturated heterocycles. The molecule has 2 aromatic heterocycles. The molecule has 2 N–H and O–H groups in total. The van der Waals surface area contributed by atoms with Gasteiger partial charge in [0.05, 0.1) is 24.1 Å². The fraction of sp³-hybridized carbons (Fsp3) is 0.591. The molecule has 9 heteroatoms. The average molecular weight is 443 g/mol. The number of amides is 1. The van der Waals surface area contributed by atoms with Gasteiger partial charge >= 0.3 is 0 Å². The van der Waals surface area contributed by atoms with Crippen molar-refractivity contribution in [3.05, 3.63) is 45.6 Å². The number of hydrogen-bond donors (Lipinski definition) is 2. The predicted octanol–water partition coefficient (Wildman–Crippen LogP) is 2.94. The maximum absolute atomic E-state index is 12.8. The van der Waals surface area contributed by atoms with Crippen molar-refractivity contribution in [1.29, 1.82) is 0 Å². The van der Waals surface area contributed by atoms with E-state index in [4.69, 9.17) is 11.6 Å². The van der Waals surface area contributed by atoms with Gasteiger partial charge in [-0.2, -0.15) is 15.3 Å². The lowest BCUT2D eigenvalue weighted by molar-refractivity contribution is -0.122. The number of rotatable bonds is 6. The lowest BCUT2D eigenvalue weighted by atomic mass is 9.53. The highest BCUT2D eigenvalue weighted by Crippen LogP contribution is 2.56. The van der Waals surface area contributed by atoms with Crippen LogP contribution >= 0.6 is 11.6 Å². The molecular weight excluding hydrogens is 416 g/mol. The molecule has 0 radical (unpaired) electrons. The first-order chi connectivity index (χ1) is 14.9. The van der Waals surface area contributed by atoms with Gasteiger partial charge in [-0.15, -0.1) is 0 Å². The van der Waals surface area contributed by atoms with Crippen LogP contribution in [0.4, 0.5) is 5.69 Å². The van der Waals surface area contributed by atoms with Crippen molar-refractivity contribution in [3.8, 4) is 0 Å². The van der Waals surface area contributed by atoms with Crippen LogP contribution < -0.4 is 16.2 Å². The van der Waals surface area contributed by atoms with E-state index in [0.717, 1.165) is 47.3 Å². The summed E-state index contributed by atoms with van der Waals surface area (Å²) in [4.78, 5) is 25.2. The van der Waals surface area contributed by atoms with E-state index in [2.05, 4.69) is 25.9 Å². The molecule has 0 spiro atoms. The lowest BCUT2D eigenvalue weighted by Crippen LogP contribution is -2.55. The van der Waals surface area contributed by atoms with Crippen LogP contribution in [0.2, 0.25) is 5.02 Å². The zero-order valence-electron chi connectivity index (χ0n) is 17.6. The van der Waals surface area contributed by atoms with Crippen LogP contribution in [0, 0.1) is 17.8 Å². The third-order valence-electron chi connectivity index (χ3n) is 7.20. The molecule has 1 amide bonds. The largest absolute Gasteiger partial charge is 0.377 e. The molecule has 0 aliphatic heterocycles. The number of aromatic nitrogens is 4. The normalized spacial score (nSPS) is 29.5. The van der Waals surface area contributed by atoms with Gasteiger partial charge in [-0.1, -0.05) is 11.6 Å². The fourth-order valence-corrected chi connectivity index (χ4v) is 6.47. The number of anilines is 1. The monoisotopic (exact) mass is 442 g/mol. The maximum atomic E-state index is 12.8. The van der Waals surface area contributed by atoms with Crippen LogP contribution in [0.5, 0.6) is 0 Å². The maximum Gasteiger partial charge on any atom is 0.288 e. The number of hydrogen-bond acceptors (Lipinski definition) is 6. The second kappa shape index (κ2) is 7.89. The summed E-state index contributed by atoms with van der Waals surface area (Å²) >= 11 is 6.44. The molecule has 2 heterocycles. The molecule has 6 rings (SSSR count). The standard InChI is InChI=1S/C22H27ClN6O2/c1-13(17-2-3-24-25-10-17)27-19(30)12-29-21(31)20(23)18(11-26-29)28-22-7-14-4-15(8-22)6-16(5-14)9-22/h2-3,10-11,13-16,28H,4-9,12H2,1H3,(H,27,30). The highest BCUT2D eigenvalue weighted by Gasteiger charge is 2.51. The van der Waals surface area contributed by atoms with Gasteiger partial charge in [0.2, 0.25) is 5.91 Å². The Labute approximate surface area is 185 Å². The Hall–Kier alpha value is -2.48. The van der Waals surface area contributed by atoms with E-state index in [1.165, 1.54) is 19.3 Å². The summed E-state index contributed by atoms with van der Waals surface area (Å²) in [5.74, 6) is 2.03. The number of halogens is 1. The van der Waals surface area contributed by atoms with E-state index in [0.29, 0.717) is 5.69 Å². The van der Waals surface area contributed by atoms with Crippen molar-refractivity contribution in [1.82, 2.24) is 25.3 Å². The Morgan fingerprint density at radius 3 is 2.48 bits per heavy atom. The van der Waals surface area contributed by atoms with E-state index in [-0.39, 0.29) is 29.1 Å². The Morgan fingerprint density at radius 1 is 1.19 bits per heavy atom. The summed E-state index contributed by atoms with van der Waals surface area (Å²) in [6.45, 7) is 1.65. The van der Waals surface area contributed by atoms with Crippen LogP contribution in [0.15, 0.2) is 29.5 Å². The first-order valence-corrected chi connectivity index (χ1v) is 11.4. The molecule has 1 atom stereocenters. The van der Waals surface area contributed by atoms with E-state index in [1.54, 1.807) is 24.7 Å². The predicted molar refractivity (Wildman–Crippen MR) is 117 cm³/mol. The van der Waals surface area contributed by atoms with Gasteiger partial charge in [0.25, 0.3) is 5.56 Å². The number of carbonyl (C=O) groups excluding carboxylic acids is 1.